The van der Waals surface area contributed by atoms with Gasteiger partial charge in [0.1, 0.15) is 5.02 Å². The van der Waals surface area contributed by atoms with Gasteiger partial charge in [-0.3, -0.25) is 14.9 Å². The number of benzene rings is 1. The van der Waals surface area contributed by atoms with Crippen molar-refractivity contribution in [1.82, 2.24) is 4.90 Å². The molecule has 1 heterocycles. The third-order valence-corrected chi connectivity index (χ3v) is 3.92. The molecule has 0 bridgehead atoms. The molecule has 2 rings (SSSR count). The second kappa shape index (κ2) is 6.76. The van der Waals surface area contributed by atoms with Crippen molar-refractivity contribution in [2.45, 2.75) is 19.8 Å². The summed E-state index contributed by atoms with van der Waals surface area (Å²) in [4.78, 5) is 24.2. The van der Waals surface area contributed by atoms with Crippen molar-refractivity contribution >= 4 is 28.9 Å². The van der Waals surface area contributed by atoms with Crippen molar-refractivity contribution in [3.63, 3.8) is 0 Å². The predicted octanol–water partition coefficient (Wildman–Crippen LogP) is 2.92. The van der Waals surface area contributed by atoms with Crippen LogP contribution in [0.3, 0.4) is 0 Å². The van der Waals surface area contributed by atoms with Gasteiger partial charge in [-0.15, -0.1) is 0 Å². The van der Waals surface area contributed by atoms with E-state index in [9.17, 15) is 14.9 Å². The smallest absolute Gasteiger partial charge is 0.289 e. The summed E-state index contributed by atoms with van der Waals surface area (Å²) < 4.78 is 0. The average Bonchev–Trinajstić information content (AvgIpc) is 2.45. The van der Waals surface area contributed by atoms with Gasteiger partial charge in [-0.25, -0.2) is 0 Å². The van der Waals surface area contributed by atoms with Gasteiger partial charge < -0.3 is 10.2 Å². The molecule has 0 spiro atoms. The largest absolute Gasteiger partial charge is 0.376 e. The molecule has 1 saturated heterocycles. The Morgan fingerprint density at radius 1 is 1.57 bits per heavy atom. The van der Waals surface area contributed by atoms with Crippen LogP contribution in [0.25, 0.3) is 0 Å². The molecule has 0 unspecified atom stereocenters. The lowest BCUT2D eigenvalue weighted by molar-refractivity contribution is -0.384. The normalized spacial score (nSPS) is 18.4. The van der Waals surface area contributed by atoms with Crippen LogP contribution in [0, 0.1) is 16.0 Å². The number of nitro groups is 1. The fourth-order valence-corrected chi connectivity index (χ4v) is 2.65. The molecule has 1 aliphatic rings. The van der Waals surface area contributed by atoms with Gasteiger partial charge in [-0.1, -0.05) is 18.5 Å². The van der Waals surface area contributed by atoms with Crippen molar-refractivity contribution in [1.29, 1.82) is 0 Å². The Kier molecular flexibility index (Phi) is 5.01. The lowest BCUT2D eigenvalue weighted by atomic mass is 10.0. The number of piperidine rings is 1. The van der Waals surface area contributed by atoms with Crippen LogP contribution in [-0.4, -0.2) is 35.4 Å². The Morgan fingerprint density at radius 3 is 3.00 bits per heavy atom. The predicted molar refractivity (Wildman–Crippen MR) is 81.6 cm³/mol. The van der Waals surface area contributed by atoms with E-state index in [1.165, 1.54) is 12.1 Å². The maximum atomic E-state index is 12.1. The van der Waals surface area contributed by atoms with Gasteiger partial charge in [0.25, 0.3) is 5.69 Å². The zero-order valence-electron chi connectivity index (χ0n) is 11.8. The van der Waals surface area contributed by atoms with E-state index in [2.05, 4.69) is 12.2 Å². The van der Waals surface area contributed by atoms with Gasteiger partial charge in [0, 0.05) is 24.8 Å². The van der Waals surface area contributed by atoms with E-state index in [1.54, 1.807) is 6.07 Å². The summed E-state index contributed by atoms with van der Waals surface area (Å²) in [7, 11) is 0. The van der Waals surface area contributed by atoms with E-state index >= 15 is 0 Å². The van der Waals surface area contributed by atoms with Crippen LogP contribution in [0.4, 0.5) is 11.4 Å². The first-order chi connectivity index (χ1) is 9.97. The summed E-state index contributed by atoms with van der Waals surface area (Å²) in [6, 6.07) is 4.42. The van der Waals surface area contributed by atoms with Gasteiger partial charge in [0.15, 0.2) is 0 Å². The molecule has 114 valence electrons. The van der Waals surface area contributed by atoms with Gasteiger partial charge in [0.2, 0.25) is 5.91 Å². The van der Waals surface area contributed by atoms with E-state index in [4.69, 9.17) is 11.6 Å². The first-order valence-electron chi connectivity index (χ1n) is 6.93. The minimum absolute atomic E-state index is 0.0131. The summed E-state index contributed by atoms with van der Waals surface area (Å²) in [5.74, 6) is 0.540. The summed E-state index contributed by atoms with van der Waals surface area (Å²) in [5, 5.41) is 13.8. The molecule has 6 nitrogen and oxygen atoms in total. The zero-order valence-corrected chi connectivity index (χ0v) is 12.6. The number of carbonyl (C=O) groups excluding carboxylic acids is 1. The minimum atomic E-state index is -0.540. The molecule has 0 radical (unpaired) electrons. The highest BCUT2D eigenvalue weighted by atomic mass is 35.5. The monoisotopic (exact) mass is 311 g/mol. The van der Waals surface area contributed by atoms with Crippen LogP contribution < -0.4 is 5.32 Å². The highest BCUT2D eigenvalue weighted by Gasteiger charge is 2.20. The molecule has 0 aromatic heterocycles. The maximum Gasteiger partial charge on any atom is 0.289 e. The zero-order chi connectivity index (χ0) is 15.4. The van der Waals surface area contributed by atoms with Gasteiger partial charge >= 0.3 is 0 Å². The molecular weight excluding hydrogens is 294 g/mol. The Labute approximate surface area is 128 Å². The highest BCUT2D eigenvalue weighted by molar-refractivity contribution is 6.32. The first kappa shape index (κ1) is 15.6. The van der Waals surface area contributed by atoms with E-state index in [0.717, 1.165) is 25.9 Å². The summed E-state index contributed by atoms with van der Waals surface area (Å²) in [6.07, 6.45) is 2.18. The number of nitrogens with zero attached hydrogens (tertiary/aromatic N) is 2. The van der Waals surface area contributed by atoms with Crippen LogP contribution in [0.1, 0.15) is 19.8 Å². The number of halogens is 1. The van der Waals surface area contributed by atoms with Crippen molar-refractivity contribution in [2.75, 3.05) is 25.0 Å². The number of nitrogens with one attached hydrogen (secondary N) is 1. The van der Waals surface area contributed by atoms with Crippen molar-refractivity contribution in [3.05, 3.63) is 33.3 Å². The quantitative estimate of drug-likeness (QED) is 0.685. The summed E-state index contributed by atoms with van der Waals surface area (Å²) >= 11 is 5.75. The molecular formula is C14H18ClN3O3. The Morgan fingerprint density at radius 2 is 2.33 bits per heavy atom. The molecule has 0 aliphatic carbocycles. The van der Waals surface area contributed by atoms with Crippen molar-refractivity contribution < 1.29 is 9.72 Å². The molecule has 1 aliphatic heterocycles. The third kappa shape index (κ3) is 4.07. The molecule has 1 atom stereocenters. The lowest BCUT2D eigenvalue weighted by Crippen LogP contribution is -2.41. The SMILES string of the molecule is C[C@H]1CCCN(C(=O)CNc2ccc(Cl)c([N+](=O)[O-])c2)C1. The number of anilines is 1. The van der Waals surface area contributed by atoms with Crippen LogP contribution in [0.15, 0.2) is 18.2 Å². The fraction of sp³-hybridized carbons (Fsp3) is 0.500. The fourth-order valence-electron chi connectivity index (χ4n) is 2.47. The Balaban J connectivity index is 1.95. The first-order valence-corrected chi connectivity index (χ1v) is 7.30. The minimum Gasteiger partial charge on any atom is -0.376 e. The van der Waals surface area contributed by atoms with Crippen LogP contribution in [-0.2, 0) is 4.79 Å². The number of nitro benzene ring substituents is 1. The van der Waals surface area contributed by atoms with Crippen molar-refractivity contribution in [2.24, 2.45) is 5.92 Å². The van der Waals surface area contributed by atoms with E-state index in [1.807, 2.05) is 4.90 Å². The number of hydrogen-bond acceptors (Lipinski definition) is 4. The van der Waals surface area contributed by atoms with Crippen LogP contribution in [0.2, 0.25) is 5.02 Å². The second-order valence-corrected chi connectivity index (χ2v) is 5.77. The molecule has 1 fully saturated rings. The molecule has 21 heavy (non-hydrogen) atoms. The number of carbonyl (C=O) groups is 1. The number of hydrogen-bond donors (Lipinski definition) is 1. The van der Waals surface area contributed by atoms with Gasteiger partial charge in [0.05, 0.1) is 11.5 Å². The second-order valence-electron chi connectivity index (χ2n) is 5.36. The Hall–Kier alpha value is -1.82. The average molecular weight is 312 g/mol. The van der Waals surface area contributed by atoms with E-state index in [-0.39, 0.29) is 23.2 Å². The number of amides is 1. The standard InChI is InChI=1S/C14H18ClN3O3/c1-10-3-2-6-17(9-10)14(19)8-16-11-4-5-12(15)13(7-11)18(20)21/h4-5,7,10,16H,2-3,6,8-9H2,1H3/t10-/m0/s1. The maximum absolute atomic E-state index is 12.1. The summed E-state index contributed by atoms with van der Waals surface area (Å²) in [5.41, 5.74) is 0.352. The molecule has 1 N–H and O–H groups in total. The van der Waals surface area contributed by atoms with E-state index in [0.29, 0.717) is 11.6 Å². The number of rotatable bonds is 4. The molecule has 0 saturated carbocycles. The topological polar surface area (TPSA) is 75.5 Å². The van der Waals surface area contributed by atoms with Crippen LogP contribution in [0.5, 0.6) is 0 Å². The van der Waals surface area contributed by atoms with E-state index < -0.39 is 4.92 Å². The Bertz CT molecular complexity index is 550. The van der Waals surface area contributed by atoms with Crippen LogP contribution >= 0.6 is 11.6 Å². The van der Waals surface area contributed by atoms with Crippen molar-refractivity contribution in [3.8, 4) is 0 Å². The number of likely N-dealkylation sites (tertiary alicyclic amines) is 1. The molecule has 1 amide bonds. The lowest BCUT2D eigenvalue weighted by Gasteiger charge is -2.31. The van der Waals surface area contributed by atoms with Gasteiger partial charge in [-0.2, -0.15) is 0 Å². The third-order valence-electron chi connectivity index (χ3n) is 3.60. The molecule has 1 aromatic rings. The summed E-state index contributed by atoms with van der Waals surface area (Å²) in [6.45, 7) is 3.83. The molecule has 1 aromatic carbocycles. The molecule has 7 heteroatoms. The van der Waals surface area contributed by atoms with Gasteiger partial charge in [-0.05, 0) is 30.9 Å². The highest BCUT2D eigenvalue weighted by Crippen LogP contribution is 2.27.